The monoisotopic (exact) mass is 388 g/mol. The fourth-order valence-electron chi connectivity index (χ4n) is 2.94. The third-order valence-corrected chi connectivity index (χ3v) is 5.47. The van der Waals surface area contributed by atoms with Gasteiger partial charge in [-0.1, -0.05) is 6.07 Å². The number of thioether (sulfide) groups is 1. The van der Waals surface area contributed by atoms with E-state index in [2.05, 4.69) is 5.32 Å². The van der Waals surface area contributed by atoms with E-state index >= 15 is 0 Å². The van der Waals surface area contributed by atoms with Crippen LogP contribution in [0, 0.1) is 6.92 Å². The predicted molar refractivity (Wildman–Crippen MR) is 102 cm³/mol. The number of aryl methyl sites for hydroxylation is 1. The summed E-state index contributed by atoms with van der Waals surface area (Å²) in [6.07, 6.45) is 1.34. The van der Waals surface area contributed by atoms with Gasteiger partial charge >= 0.3 is 5.97 Å². The lowest BCUT2D eigenvalue weighted by atomic mass is 10.1. The van der Waals surface area contributed by atoms with Crippen molar-refractivity contribution in [3.05, 3.63) is 53.5 Å². The van der Waals surface area contributed by atoms with Gasteiger partial charge in [0.15, 0.2) is 5.76 Å². The number of anilines is 1. The van der Waals surface area contributed by atoms with E-state index in [1.807, 2.05) is 6.92 Å². The summed E-state index contributed by atoms with van der Waals surface area (Å²) < 4.78 is 5.09. The molecule has 1 aliphatic heterocycles. The number of hydrogen-bond donors (Lipinski definition) is 2. The van der Waals surface area contributed by atoms with Crippen molar-refractivity contribution in [2.24, 2.45) is 0 Å². The van der Waals surface area contributed by atoms with Gasteiger partial charge in [-0.3, -0.25) is 14.4 Å². The summed E-state index contributed by atoms with van der Waals surface area (Å²) in [5.74, 6) is 0.0131. The molecule has 3 rings (SSSR count). The van der Waals surface area contributed by atoms with Crippen LogP contribution in [0.1, 0.15) is 32.9 Å². The molecule has 1 saturated heterocycles. The smallest absolute Gasteiger partial charge is 0.305 e. The average Bonchev–Trinajstić information content (AvgIpc) is 3.18. The first kappa shape index (κ1) is 19.0. The quantitative estimate of drug-likeness (QED) is 0.817. The molecule has 1 aromatic heterocycles. The summed E-state index contributed by atoms with van der Waals surface area (Å²) in [6, 6.07) is 7.92. The van der Waals surface area contributed by atoms with Gasteiger partial charge in [0, 0.05) is 29.3 Å². The van der Waals surface area contributed by atoms with Crippen molar-refractivity contribution in [2.45, 2.75) is 19.4 Å². The number of nitrogens with zero attached hydrogens (tertiary/aromatic N) is 1. The fraction of sp³-hybridized carbons (Fsp3) is 0.316. The Morgan fingerprint density at radius 2 is 2.15 bits per heavy atom. The summed E-state index contributed by atoms with van der Waals surface area (Å²) in [5.41, 5.74) is 1.74. The lowest BCUT2D eigenvalue weighted by Gasteiger charge is -2.34. The zero-order valence-corrected chi connectivity index (χ0v) is 15.6. The van der Waals surface area contributed by atoms with Crippen molar-refractivity contribution >= 4 is 35.2 Å². The Labute approximate surface area is 160 Å². The van der Waals surface area contributed by atoms with Gasteiger partial charge in [-0.05, 0) is 36.8 Å². The van der Waals surface area contributed by atoms with Gasteiger partial charge in [-0.15, -0.1) is 0 Å². The van der Waals surface area contributed by atoms with Crippen LogP contribution >= 0.6 is 11.8 Å². The first-order chi connectivity index (χ1) is 13.0. The maximum Gasteiger partial charge on any atom is 0.305 e. The lowest BCUT2D eigenvalue weighted by molar-refractivity contribution is -0.138. The van der Waals surface area contributed by atoms with E-state index < -0.39 is 11.9 Å². The van der Waals surface area contributed by atoms with Crippen molar-refractivity contribution in [3.63, 3.8) is 0 Å². The van der Waals surface area contributed by atoms with Crippen LogP contribution in [0.15, 0.2) is 41.0 Å². The minimum absolute atomic E-state index is 0.0767. The molecule has 0 spiro atoms. The van der Waals surface area contributed by atoms with Crippen molar-refractivity contribution in [1.29, 1.82) is 0 Å². The molecule has 0 aliphatic carbocycles. The minimum atomic E-state index is -0.921. The number of aliphatic carboxylic acids is 1. The standard InChI is InChI=1S/C19H20N2O5S/c1-12-4-5-13(9-15(12)20-18(24)16-3-2-7-26-16)19(25)21-6-8-27-11-14(21)10-17(22)23/h2-5,7,9,14H,6,8,10-11H2,1H3,(H,20,24)(H,22,23). The fourth-order valence-corrected chi connectivity index (χ4v) is 4.00. The van der Waals surface area contributed by atoms with E-state index in [0.717, 1.165) is 11.3 Å². The van der Waals surface area contributed by atoms with Crippen LogP contribution in [-0.4, -0.2) is 51.9 Å². The maximum absolute atomic E-state index is 13.0. The second-order valence-electron chi connectivity index (χ2n) is 6.29. The van der Waals surface area contributed by atoms with E-state index in [1.54, 1.807) is 47.0 Å². The first-order valence-electron chi connectivity index (χ1n) is 8.51. The normalized spacial score (nSPS) is 16.8. The summed E-state index contributed by atoms with van der Waals surface area (Å²) in [5, 5.41) is 11.9. The largest absolute Gasteiger partial charge is 0.481 e. The summed E-state index contributed by atoms with van der Waals surface area (Å²) in [4.78, 5) is 37.9. The van der Waals surface area contributed by atoms with Gasteiger partial charge in [0.25, 0.3) is 11.8 Å². The predicted octanol–water partition coefficient (Wildman–Crippen LogP) is 2.87. The zero-order valence-electron chi connectivity index (χ0n) is 14.8. The van der Waals surface area contributed by atoms with E-state index in [4.69, 9.17) is 9.52 Å². The Hall–Kier alpha value is -2.74. The number of rotatable bonds is 5. The van der Waals surface area contributed by atoms with Crippen LogP contribution in [0.5, 0.6) is 0 Å². The van der Waals surface area contributed by atoms with E-state index in [0.29, 0.717) is 23.5 Å². The highest BCUT2D eigenvalue weighted by Gasteiger charge is 2.29. The number of nitrogens with one attached hydrogen (secondary N) is 1. The highest BCUT2D eigenvalue weighted by molar-refractivity contribution is 7.99. The molecule has 0 radical (unpaired) electrons. The van der Waals surface area contributed by atoms with E-state index in [9.17, 15) is 14.4 Å². The number of carboxylic acid groups (broad SMARTS) is 1. The number of carboxylic acids is 1. The Kier molecular flexibility index (Phi) is 5.85. The van der Waals surface area contributed by atoms with Gasteiger partial charge in [-0.25, -0.2) is 0 Å². The lowest BCUT2D eigenvalue weighted by Crippen LogP contribution is -2.47. The molecule has 1 fully saturated rings. The molecule has 2 amide bonds. The Morgan fingerprint density at radius 3 is 2.85 bits per heavy atom. The molecule has 2 aromatic rings. The van der Waals surface area contributed by atoms with Crippen LogP contribution in [0.2, 0.25) is 0 Å². The van der Waals surface area contributed by atoms with Crippen molar-refractivity contribution < 1.29 is 23.9 Å². The van der Waals surface area contributed by atoms with Crippen LogP contribution in [0.3, 0.4) is 0 Å². The summed E-state index contributed by atoms with van der Waals surface area (Å²) >= 11 is 1.65. The molecule has 1 aromatic carbocycles. The first-order valence-corrected chi connectivity index (χ1v) is 9.67. The molecule has 1 aliphatic rings. The van der Waals surface area contributed by atoms with Crippen LogP contribution in [0.25, 0.3) is 0 Å². The Bertz CT molecular complexity index is 850. The number of benzene rings is 1. The molecule has 8 heteroatoms. The van der Waals surface area contributed by atoms with Gasteiger partial charge in [0.2, 0.25) is 0 Å². The van der Waals surface area contributed by atoms with Gasteiger partial charge in [0.1, 0.15) is 0 Å². The second kappa shape index (κ2) is 8.30. The molecule has 0 bridgehead atoms. The number of carbonyl (C=O) groups excluding carboxylic acids is 2. The third-order valence-electron chi connectivity index (χ3n) is 4.38. The van der Waals surface area contributed by atoms with Crippen molar-refractivity contribution in [1.82, 2.24) is 4.90 Å². The Morgan fingerprint density at radius 1 is 1.33 bits per heavy atom. The second-order valence-corrected chi connectivity index (χ2v) is 7.44. The van der Waals surface area contributed by atoms with Gasteiger partial charge in [-0.2, -0.15) is 11.8 Å². The van der Waals surface area contributed by atoms with Crippen molar-refractivity contribution in [3.8, 4) is 0 Å². The molecule has 2 N–H and O–H groups in total. The molecule has 7 nitrogen and oxygen atoms in total. The number of furan rings is 1. The summed E-state index contributed by atoms with van der Waals surface area (Å²) in [7, 11) is 0. The molecule has 1 unspecified atom stereocenters. The molecular formula is C19H20N2O5S. The Balaban J connectivity index is 1.80. The number of amides is 2. The molecule has 2 heterocycles. The van der Waals surface area contributed by atoms with E-state index in [1.165, 1.54) is 6.26 Å². The molecular weight excluding hydrogens is 368 g/mol. The average molecular weight is 388 g/mol. The molecule has 1 atom stereocenters. The van der Waals surface area contributed by atoms with Crippen LogP contribution in [-0.2, 0) is 4.79 Å². The van der Waals surface area contributed by atoms with Crippen LogP contribution in [0.4, 0.5) is 5.69 Å². The van der Waals surface area contributed by atoms with Crippen LogP contribution < -0.4 is 5.32 Å². The molecule has 27 heavy (non-hydrogen) atoms. The van der Waals surface area contributed by atoms with E-state index in [-0.39, 0.29) is 24.1 Å². The minimum Gasteiger partial charge on any atom is -0.481 e. The molecule has 0 saturated carbocycles. The van der Waals surface area contributed by atoms with Crippen molar-refractivity contribution in [2.75, 3.05) is 23.4 Å². The van der Waals surface area contributed by atoms with Gasteiger partial charge < -0.3 is 19.7 Å². The number of carbonyl (C=O) groups is 3. The highest BCUT2D eigenvalue weighted by Crippen LogP contribution is 2.24. The topological polar surface area (TPSA) is 99.9 Å². The SMILES string of the molecule is Cc1ccc(C(=O)N2CCSCC2CC(=O)O)cc1NC(=O)c1ccco1. The number of hydrogen-bond acceptors (Lipinski definition) is 5. The van der Waals surface area contributed by atoms with Gasteiger partial charge in [0.05, 0.1) is 18.7 Å². The molecule has 142 valence electrons. The zero-order chi connectivity index (χ0) is 19.4. The highest BCUT2D eigenvalue weighted by atomic mass is 32.2. The maximum atomic E-state index is 13.0. The third kappa shape index (κ3) is 4.51. The summed E-state index contributed by atoms with van der Waals surface area (Å²) in [6.45, 7) is 2.33.